The van der Waals surface area contributed by atoms with Gasteiger partial charge in [0, 0.05) is 7.05 Å². The summed E-state index contributed by atoms with van der Waals surface area (Å²) in [4.78, 5) is 28.5. The van der Waals surface area contributed by atoms with E-state index < -0.39 is 17.4 Å². The molecular formula is C12H18N4O4. The minimum atomic E-state index is -1.34. The zero-order valence-electron chi connectivity index (χ0n) is 11.7. The lowest BCUT2D eigenvalue weighted by Crippen LogP contribution is -2.51. The van der Waals surface area contributed by atoms with Crippen molar-refractivity contribution in [2.45, 2.75) is 38.3 Å². The van der Waals surface area contributed by atoms with Crippen molar-refractivity contribution >= 4 is 11.9 Å². The molecule has 1 unspecified atom stereocenters. The van der Waals surface area contributed by atoms with Crippen LogP contribution in [0.15, 0.2) is 4.52 Å². The molecule has 8 nitrogen and oxygen atoms in total. The Morgan fingerprint density at radius 2 is 2.20 bits per heavy atom. The largest absolute Gasteiger partial charge is 0.480 e. The number of aromatic nitrogens is 2. The van der Waals surface area contributed by atoms with Crippen molar-refractivity contribution in [3.8, 4) is 0 Å². The van der Waals surface area contributed by atoms with E-state index in [9.17, 15) is 9.59 Å². The number of nitrogens with zero attached hydrogens (tertiary/aromatic N) is 3. The van der Waals surface area contributed by atoms with Crippen molar-refractivity contribution in [3.63, 3.8) is 0 Å². The molecule has 8 heteroatoms. The molecule has 1 fully saturated rings. The number of carbonyl (C=O) groups is 2. The van der Waals surface area contributed by atoms with Crippen LogP contribution in [0.3, 0.4) is 0 Å². The van der Waals surface area contributed by atoms with Gasteiger partial charge in [-0.25, -0.2) is 4.79 Å². The van der Waals surface area contributed by atoms with Gasteiger partial charge in [-0.2, -0.15) is 4.98 Å². The third-order valence-electron chi connectivity index (χ3n) is 3.66. The minimum Gasteiger partial charge on any atom is -0.480 e. The second-order valence-corrected chi connectivity index (χ2v) is 5.33. The average Bonchev–Trinajstić information content (AvgIpc) is 3.06. The lowest BCUT2D eigenvalue weighted by atomic mass is 10.0. The smallest absolute Gasteiger partial charge is 0.329 e. The molecule has 2 N–H and O–H groups in total. The van der Waals surface area contributed by atoms with Crippen LogP contribution in [0.25, 0.3) is 0 Å². The first-order valence-electron chi connectivity index (χ1n) is 6.42. The zero-order chi connectivity index (χ0) is 14.9. The van der Waals surface area contributed by atoms with E-state index in [1.807, 2.05) is 0 Å². The standard InChI is InChI=1S/C12H18N4O4/c1-12(2,11(18)19)16(3)10(17)8-14-9(20-15-8)7-5-4-6-13-7/h7,13H,4-6H2,1-3H3,(H,18,19). The van der Waals surface area contributed by atoms with Gasteiger partial charge in [0.15, 0.2) is 0 Å². The van der Waals surface area contributed by atoms with Gasteiger partial charge in [-0.3, -0.25) is 4.79 Å². The first-order valence-corrected chi connectivity index (χ1v) is 6.42. The first kappa shape index (κ1) is 14.4. The number of amides is 1. The summed E-state index contributed by atoms with van der Waals surface area (Å²) in [5.41, 5.74) is -1.34. The molecule has 2 heterocycles. The molecule has 2 rings (SSSR count). The number of hydrogen-bond donors (Lipinski definition) is 2. The van der Waals surface area contributed by atoms with Gasteiger partial charge in [0.25, 0.3) is 11.7 Å². The SMILES string of the molecule is CN(C(=O)c1noc(C2CCCN2)n1)C(C)(C)C(=O)O. The van der Waals surface area contributed by atoms with E-state index in [0.717, 1.165) is 24.3 Å². The van der Waals surface area contributed by atoms with Crippen LogP contribution in [0.4, 0.5) is 0 Å². The van der Waals surface area contributed by atoms with Gasteiger partial charge >= 0.3 is 5.97 Å². The summed E-state index contributed by atoms with van der Waals surface area (Å²) >= 11 is 0. The third-order valence-corrected chi connectivity index (χ3v) is 3.66. The van der Waals surface area contributed by atoms with Crippen LogP contribution >= 0.6 is 0 Å². The summed E-state index contributed by atoms with van der Waals surface area (Å²) in [6, 6.07) is -0.0261. The highest BCUT2D eigenvalue weighted by atomic mass is 16.5. The average molecular weight is 282 g/mol. The van der Waals surface area contributed by atoms with Gasteiger partial charge in [0.05, 0.1) is 6.04 Å². The van der Waals surface area contributed by atoms with Crippen LogP contribution in [0.2, 0.25) is 0 Å². The lowest BCUT2D eigenvalue weighted by Gasteiger charge is -2.30. The van der Waals surface area contributed by atoms with E-state index in [2.05, 4.69) is 15.5 Å². The van der Waals surface area contributed by atoms with Crippen LogP contribution in [0.5, 0.6) is 0 Å². The number of aliphatic carboxylic acids is 1. The molecule has 110 valence electrons. The molecule has 0 bridgehead atoms. The van der Waals surface area contributed by atoms with E-state index in [1.165, 1.54) is 20.9 Å². The molecule has 0 radical (unpaired) electrons. The minimum absolute atomic E-state index is 0.0261. The van der Waals surface area contributed by atoms with Crippen LogP contribution < -0.4 is 5.32 Å². The third kappa shape index (κ3) is 2.51. The van der Waals surface area contributed by atoms with E-state index in [-0.39, 0.29) is 11.9 Å². The Kier molecular flexibility index (Phi) is 3.76. The normalized spacial score (nSPS) is 19.1. The van der Waals surface area contributed by atoms with Crippen LogP contribution in [-0.4, -0.2) is 51.2 Å². The molecule has 1 aliphatic rings. The maximum Gasteiger partial charge on any atom is 0.329 e. The van der Waals surface area contributed by atoms with Crippen molar-refractivity contribution in [3.05, 3.63) is 11.7 Å². The summed E-state index contributed by atoms with van der Waals surface area (Å²) in [5, 5.41) is 15.9. The van der Waals surface area contributed by atoms with Crippen molar-refractivity contribution in [1.29, 1.82) is 0 Å². The second-order valence-electron chi connectivity index (χ2n) is 5.33. The number of hydrogen-bond acceptors (Lipinski definition) is 6. The van der Waals surface area contributed by atoms with Gasteiger partial charge in [0.2, 0.25) is 5.89 Å². The highest BCUT2D eigenvalue weighted by Gasteiger charge is 2.37. The first-order chi connectivity index (χ1) is 9.34. The fourth-order valence-electron chi connectivity index (χ4n) is 1.91. The maximum atomic E-state index is 12.2. The van der Waals surface area contributed by atoms with E-state index in [1.54, 1.807) is 0 Å². The topological polar surface area (TPSA) is 109 Å². The van der Waals surface area contributed by atoms with Gasteiger partial charge in [-0.15, -0.1) is 0 Å². The van der Waals surface area contributed by atoms with Gasteiger partial charge in [-0.1, -0.05) is 5.16 Å². The van der Waals surface area contributed by atoms with Crippen LogP contribution in [-0.2, 0) is 4.79 Å². The number of rotatable bonds is 4. The summed E-state index contributed by atoms with van der Waals surface area (Å²) in [7, 11) is 1.40. The highest BCUT2D eigenvalue weighted by Crippen LogP contribution is 2.22. The van der Waals surface area contributed by atoms with Crippen molar-refractivity contribution < 1.29 is 19.2 Å². The van der Waals surface area contributed by atoms with E-state index in [4.69, 9.17) is 9.63 Å². The van der Waals surface area contributed by atoms with Gasteiger partial charge in [0.1, 0.15) is 5.54 Å². The molecular weight excluding hydrogens is 264 g/mol. The number of likely N-dealkylation sites (N-methyl/N-ethyl adjacent to an activating group) is 1. The number of nitrogens with one attached hydrogen (secondary N) is 1. The molecule has 1 aliphatic heterocycles. The molecule has 1 saturated heterocycles. The van der Waals surface area contributed by atoms with E-state index >= 15 is 0 Å². The molecule has 0 spiro atoms. The summed E-state index contributed by atoms with van der Waals surface area (Å²) in [6.45, 7) is 3.75. The maximum absolute atomic E-state index is 12.2. The van der Waals surface area contributed by atoms with Crippen molar-refractivity contribution in [1.82, 2.24) is 20.4 Å². The fourth-order valence-corrected chi connectivity index (χ4v) is 1.91. The molecule has 0 aromatic carbocycles. The predicted molar refractivity (Wildman–Crippen MR) is 68.1 cm³/mol. The van der Waals surface area contributed by atoms with E-state index in [0.29, 0.717) is 5.89 Å². The van der Waals surface area contributed by atoms with Gasteiger partial charge in [-0.05, 0) is 33.2 Å². The van der Waals surface area contributed by atoms with Crippen LogP contribution in [0.1, 0.15) is 49.2 Å². The monoisotopic (exact) mass is 282 g/mol. The number of carboxylic acid groups (broad SMARTS) is 1. The fraction of sp³-hybridized carbons (Fsp3) is 0.667. The molecule has 1 amide bonds. The van der Waals surface area contributed by atoms with Crippen molar-refractivity contribution in [2.24, 2.45) is 0 Å². The number of carbonyl (C=O) groups excluding carboxylic acids is 1. The van der Waals surface area contributed by atoms with Crippen LogP contribution in [0, 0.1) is 0 Å². The molecule has 0 aliphatic carbocycles. The molecule has 1 aromatic heterocycles. The zero-order valence-corrected chi connectivity index (χ0v) is 11.7. The molecule has 1 aromatic rings. The van der Waals surface area contributed by atoms with Crippen molar-refractivity contribution in [2.75, 3.05) is 13.6 Å². The Bertz CT molecular complexity index is 519. The molecule has 20 heavy (non-hydrogen) atoms. The number of carboxylic acids is 1. The Labute approximate surface area is 116 Å². The molecule has 1 atom stereocenters. The summed E-state index contributed by atoms with van der Waals surface area (Å²) in [6.07, 6.45) is 1.90. The van der Waals surface area contributed by atoms with Gasteiger partial charge < -0.3 is 19.8 Å². The predicted octanol–water partition coefficient (Wildman–Crippen LogP) is 0.429. The quantitative estimate of drug-likeness (QED) is 0.824. The Hall–Kier alpha value is -1.96. The molecule has 0 saturated carbocycles. The Morgan fingerprint density at radius 1 is 1.50 bits per heavy atom. The highest BCUT2D eigenvalue weighted by molar-refractivity contribution is 5.94. The summed E-state index contributed by atoms with van der Waals surface area (Å²) < 4.78 is 5.07. The lowest BCUT2D eigenvalue weighted by molar-refractivity contribution is -0.147. The second kappa shape index (κ2) is 5.20. The Balaban J connectivity index is 2.15. The Morgan fingerprint density at radius 3 is 2.75 bits per heavy atom. The summed E-state index contributed by atoms with van der Waals surface area (Å²) in [5.74, 6) is -1.43.